The molecule has 21 heavy (non-hydrogen) atoms. The van der Waals surface area contributed by atoms with Crippen LogP contribution in [0, 0.1) is 0 Å². The van der Waals surface area contributed by atoms with Crippen LogP contribution in [0.2, 0.25) is 0 Å². The molecule has 0 bridgehead atoms. The van der Waals surface area contributed by atoms with Gasteiger partial charge in [-0.1, -0.05) is 43.7 Å². The van der Waals surface area contributed by atoms with Crippen LogP contribution in [0.5, 0.6) is 0 Å². The number of unbranched alkanes of at least 4 members (excludes halogenated alkanes) is 1. The predicted octanol–water partition coefficient (Wildman–Crippen LogP) is 1.31. The molecule has 0 aliphatic heterocycles. The molecule has 0 spiro atoms. The molecule has 1 aromatic heterocycles. The van der Waals surface area contributed by atoms with Gasteiger partial charge in [-0.25, -0.2) is 10.5 Å². The molecule has 0 fully saturated rings. The third-order valence-electron chi connectivity index (χ3n) is 3.14. The molecule has 0 radical (unpaired) electrons. The Bertz CT molecular complexity index is 680. The largest absolute Gasteiger partial charge is 0.290 e. The van der Waals surface area contributed by atoms with Crippen molar-refractivity contribution in [2.75, 3.05) is 0 Å². The fourth-order valence-corrected chi connectivity index (χ4v) is 1.99. The molecule has 1 aromatic carbocycles. The third-order valence-corrected chi connectivity index (χ3v) is 3.14. The number of nitrogens with zero attached hydrogens (tertiary/aromatic N) is 2. The van der Waals surface area contributed by atoms with Crippen molar-refractivity contribution in [2.45, 2.75) is 26.3 Å². The van der Waals surface area contributed by atoms with Crippen LogP contribution in [-0.2, 0) is 6.54 Å². The van der Waals surface area contributed by atoms with Gasteiger partial charge in [0.15, 0.2) is 0 Å². The van der Waals surface area contributed by atoms with Gasteiger partial charge in [0.1, 0.15) is 5.56 Å². The number of carbonyl (C=O) groups excluding carboxylic acids is 1. The van der Waals surface area contributed by atoms with Crippen molar-refractivity contribution in [1.82, 2.24) is 15.2 Å². The second kappa shape index (κ2) is 6.81. The molecule has 3 N–H and O–H groups in total. The smallest absolute Gasteiger partial charge is 0.279 e. The minimum atomic E-state index is -0.607. The van der Waals surface area contributed by atoms with Crippen molar-refractivity contribution < 1.29 is 4.79 Å². The Balaban J connectivity index is 2.56. The lowest BCUT2D eigenvalue weighted by atomic mass is 10.1. The highest BCUT2D eigenvalue weighted by Crippen LogP contribution is 2.16. The maximum Gasteiger partial charge on any atom is 0.279 e. The Morgan fingerprint density at radius 2 is 2.05 bits per heavy atom. The normalized spacial score (nSPS) is 10.4. The molecule has 0 aliphatic rings. The number of nitrogens with one attached hydrogen (secondary N) is 1. The average molecular weight is 286 g/mol. The van der Waals surface area contributed by atoms with Crippen LogP contribution in [0.15, 0.2) is 41.2 Å². The van der Waals surface area contributed by atoms with Crippen LogP contribution in [0.3, 0.4) is 0 Å². The number of aryl methyl sites for hydroxylation is 1. The van der Waals surface area contributed by atoms with Gasteiger partial charge < -0.3 is 0 Å². The number of hydrazine groups is 1. The summed E-state index contributed by atoms with van der Waals surface area (Å²) in [6.45, 7) is 2.50. The maximum atomic E-state index is 12.2. The number of benzene rings is 1. The summed E-state index contributed by atoms with van der Waals surface area (Å²) in [5, 5.41) is 4.34. The van der Waals surface area contributed by atoms with Crippen LogP contribution in [-0.4, -0.2) is 15.7 Å². The number of rotatable bonds is 5. The zero-order valence-corrected chi connectivity index (χ0v) is 11.9. The number of nitrogen functional groups attached to an aromatic ring is 1. The lowest BCUT2D eigenvalue weighted by Crippen LogP contribution is -2.37. The van der Waals surface area contributed by atoms with E-state index in [2.05, 4.69) is 5.10 Å². The van der Waals surface area contributed by atoms with Gasteiger partial charge in [0.2, 0.25) is 0 Å². The average Bonchev–Trinajstić information content (AvgIpc) is 2.54. The monoisotopic (exact) mass is 286 g/mol. The number of amides is 1. The fraction of sp³-hybridized carbons (Fsp3) is 0.267. The molecule has 0 aliphatic carbocycles. The number of aromatic nitrogens is 2. The Hall–Kier alpha value is -2.47. The Morgan fingerprint density at radius 1 is 1.33 bits per heavy atom. The molecule has 6 heteroatoms. The molecule has 2 rings (SSSR count). The number of hydrogen-bond acceptors (Lipinski definition) is 4. The predicted molar refractivity (Wildman–Crippen MR) is 80.5 cm³/mol. The second-order valence-electron chi connectivity index (χ2n) is 4.66. The Morgan fingerprint density at radius 3 is 2.67 bits per heavy atom. The van der Waals surface area contributed by atoms with Gasteiger partial charge in [-0.3, -0.25) is 15.0 Å². The van der Waals surface area contributed by atoms with Gasteiger partial charge in [0.25, 0.3) is 11.5 Å². The molecule has 6 nitrogen and oxygen atoms in total. The van der Waals surface area contributed by atoms with Crippen LogP contribution in [0.1, 0.15) is 30.1 Å². The van der Waals surface area contributed by atoms with E-state index in [1.165, 1.54) is 10.7 Å². The van der Waals surface area contributed by atoms with Gasteiger partial charge in [0, 0.05) is 12.1 Å². The summed E-state index contributed by atoms with van der Waals surface area (Å²) in [6.07, 6.45) is 1.75. The first-order valence-corrected chi connectivity index (χ1v) is 6.86. The van der Waals surface area contributed by atoms with Crippen molar-refractivity contribution >= 4 is 5.91 Å². The van der Waals surface area contributed by atoms with E-state index in [0.717, 1.165) is 18.4 Å². The molecule has 0 atom stereocenters. The summed E-state index contributed by atoms with van der Waals surface area (Å²) >= 11 is 0. The first-order valence-electron chi connectivity index (χ1n) is 6.86. The first-order chi connectivity index (χ1) is 10.2. The van der Waals surface area contributed by atoms with Crippen molar-refractivity contribution in [3.8, 4) is 11.3 Å². The molecule has 2 aromatic rings. The molecule has 1 heterocycles. The van der Waals surface area contributed by atoms with Crippen molar-refractivity contribution in [1.29, 1.82) is 0 Å². The number of nitrogens with two attached hydrogens (primary N) is 1. The molecule has 0 saturated carbocycles. The Kier molecular flexibility index (Phi) is 4.84. The summed E-state index contributed by atoms with van der Waals surface area (Å²) in [5.41, 5.74) is 3.00. The highest BCUT2D eigenvalue weighted by molar-refractivity contribution is 5.94. The van der Waals surface area contributed by atoms with Crippen LogP contribution < -0.4 is 16.8 Å². The van der Waals surface area contributed by atoms with E-state index in [9.17, 15) is 9.59 Å². The highest BCUT2D eigenvalue weighted by atomic mass is 16.2. The SMILES string of the molecule is CCCCn1nc(-c2ccccc2)cc(C(=O)NN)c1=O. The minimum Gasteiger partial charge on any atom is -0.290 e. The minimum absolute atomic E-state index is 0.00227. The van der Waals surface area contributed by atoms with E-state index in [1.807, 2.05) is 42.7 Å². The van der Waals surface area contributed by atoms with Gasteiger partial charge in [0.05, 0.1) is 5.69 Å². The fourth-order valence-electron chi connectivity index (χ4n) is 1.99. The van der Waals surface area contributed by atoms with Crippen molar-refractivity contribution in [3.05, 3.63) is 52.3 Å². The summed E-state index contributed by atoms with van der Waals surface area (Å²) in [4.78, 5) is 24.0. The summed E-state index contributed by atoms with van der Waals surface area (Å²) in [5.74, 6) is 4.54. The molecule has 0 unspecified atom stereocenters. The van der Waals surface area contributed by atoms with E-state index in [0.29, 0.717) is 12.2 Å². The van der Waals surface area contributed by atoms with Crippen molar-refractivity contribution in [2.24, 2.45) is 5.84 Å². The number of hydrogen-bond donors (Lipinski definition) is 2. The molecular weight excluding hydrogens is 268 g/mol. The van der Waals surface area contributed by atoms with Crippen molar-refractivity contribution in [3.63, 3.8) is 0 Å². The molecule has 0 saturated heterocycles. The van der Waals surface area contributed by atoms with Gasteiger partial charge in [-0.05, 0) is 12.5 Å². The van der Waals surface area contributed by atoms with E-state index in [1.54, 1.807) is 0 Å². The first kappa shape index (κ1) is 14.9. The standard InChI is InChI=1S/C15H18N4O2/c1-2-3-9-19-15(21)12(14(20)17-16)10-13(18-19)11-7-5-4-6-8-11/h4-8,10H,2-3,9,16H2,1H3,(H,17,20). The van der Waals surface area contributed by atoms with E-state index >= 15 is 0 Å². The zero-order valence-electron chi connectivity index (χ0n) is 11.9. The molecule has 110 valence electrons. The van der Waals surface area contributed by atoms with E-state index in [-0.39, 0.29) is 5.56 Å². The lowest BCUT2D eigenvalue weighted by Gasteiger charge is -2.09. The quantitative estimate of drug-likeness (QED) is 0.492. The third kappa shape index (κ3) is 3.35. The van der Waals surface area contributed by atoms with Gasteiger partial charge in [-0.2, -0.15) is 5.10 Å². The second-order valence-corrected chi connectivity index (χ2v) is 4.66. The maximum absolute atomic E-state index is 12.2. The zero-order chi connectivity index (χ0) is 15.2. The van der Waals surface area contributed by atoms with Crippen LogP contribution in [0.25, 0.3) is 11.3 Å². The molecular formula is C15H18N4O2. The summed E-state index contributed by atoms with van der Waals surface area (Å²) in [6, 6.07) is 10.9. The highest BCUT2D eigenvalue weighted by Gasteiger charge is 2.15. The lowest BCUT2D eigenvalue weighted by molar-refractivity contribution is 0.0951. The van der Waals surface area contributed by atoms with Gasteiger partial charge in [-0.15, -0.1) is 0 Å². The van der Waals surface area contributed by atoms with Gasteiger partial charge >= 0.3 is 0 Å². The van der Waals surface area contributed by atoms with E-state index < -0.39 is 11.5 Å². The summed E-state index contributed by atoms with van der Waals surface area (Å²) in [7, 11) is 0. The summed E-state index contributed by atoms with van der Waals surface area (Å²) < 4.78 is 1.33. The topological polar surface area (TPSA) is 90.0 Å². The number of carbonyl (C=O) groups is 1. The molecule has 1 amide bonds. The van der Waals surface area contributed by atoms with Crippen LogP contribution >= 0.6 is 0 Å². The Labute approximate surface area is 122 Å². The van der Waals surface area contributed by atoms with Crippen LogP contribution in [0.4, 0.5) is 0 Å². The van der Waals surface area contributed by atoms with E-state index in [4.69, 9.17) is 5.84 Å².